The van der Waals surface area contributed by atoms with Gasteiger partial charge in [0, 0.05) is 36.0 Å². The molecule has 4 nitrogen and oxygen atoms in total. The maximum atomic E-state index is 12.0. The van der Waals surface area contributed by atoms with Crippen molar-refractivity contribution in [3.8, 4) is 0 Å². The average Bonchev–Trinajstić information content (AvgIpc) is 2.59. The van der Waals surface area contributed by atoms with Gasteiger partial charge in [0.1, 0.15) is 5.92 Å². The standard InChI is InChI=1S/C11H11BrN2O2/c1-14-3-2-9(11(14)16)10(15)7-4-8(12)6-13-5-7/h4-6,9H,2-3H2,1H3. The first kappa shape index (κ1) is 11.3. The van der Waals surface area contributed by atoms with Crippen molar-refractivity contribution in [2.45, 2.75) is 6.42 Å². The summed E-state index contributed by atoms with van der Waals surface area (Å²) in [7, 11) is 1.72. The molecule has 1 fully saturated rings. The van der Waals surface area contributed by atoms with Gasteiger partial charge in [0.2, 0.25) is 5.91 Å². The van der Waals surface area contributed by atoms with E-state index in [0.29, 0.717) is 18.5 Å². The molecular weight excluding hydrogens is 272 g/mol. The molecule has 1 aromatic heterocycles. The number of rotatable bonds is 2. The number of hydrogen-bond donors (Lipinski definition) is 0. The predicted octanol–water partition coefficient (Wildman–Crippen LogP) is 1.51. The molecule has 1 atom stereocenters. The summed E-state index contributed by atoms with van der Waals surface area (Å²) in [6.07, 6.45) is 3.71. The van der Waals surface area contributed by atoms with Crippen LogP contribution in [-0.2, 0) is 4.79 Å². The predicted molar refractivity (Wildman–Crippen MR) is 62.0 cm³/mol. The number of carbonyl (C=O) groups excluding carboxylic acids is 2. The van der Waals surface area contributed by atoms with Crippen LogP contribution in [0.1, 0.15) is 16.8 Å². The molecule has 1 aliphatic heterocycles. The van der Waals surface area contributed by atoms with Gasteiger partial charge in [-0.25, -0.2) is 0 Å². The number of amides is 1. The molecular formula is C11H11BrN2O2. The van der Waals surface area contributed by atoms with Gasteiger partial charge in [-0.1, -0.05) is 0 Å². The SMILES string of the molecule is CN1CCC(C(=O)c2cncc(Br)c2)C1=O. The van der Waals surface area contributed by atoms with E-state index in [2.05, 4.69) is 20.9 Å². The lowest BCUT2D eigenvalue weighted by Gasteiger charge is -2.09. The van der Waals surface area contributed by atoms with Crippen molar-refractivity contribution >= 4 is 27.6 Å². The second kappa shape index (κ2) is 4.33. The summed E-state index contributed by atoms with van der Waals surface area (Å²) in [4.78, 5) is 29.2. The van der Waals surface area contributed by atoms with Gasteiger partial charge < -0.3 is 4.90 Å². The van der Waals surface area contributed by atoms with Crippen molar-refractivity contribution in [3.05, 3.63) is 28.5 Å². The van der Waals surface area contributed by atoms with Crippen molar-refractivity contribution in [3.63, 3.8) is 0 Å². The normalized spacial score (nSPS) is 20.2. The fraction of sp³-hybridized carbons (Fsp3) is 0.364. The lowest BCUT2D eigenvalue weighted by atomic mass is 9.97. The Balaban J connectivity index is 2.23. The van der Waals surface area contributed by atoms with Crippen LogP contribution in [0.3, 0.4) is 0 Å². The first-order chi connectivity index (χ1) is 7.59. The molecule has 0 radical (unpaired) electrons. The van der Waals surface area contributed by atoms with E-state index in [0.717, 1.165) is 4.47 Å². The van der Waals surface area contributed by atoms with Crippen molar-refractivity contribution in [1.82, 2.24) is 9.88 Å². The van der Waals surface area contributed by atoms with Crippen LogP contribution in [0.2, 0.25) is 0 Å². The topological polar surface area (TPSA) is 50.3 Å². The molecule has 1 amide bonds. The highest BCUT2D eigenvalue weighted by molar-refractivity contribution is 9.10. The van der Waals surface area contributed by atoms with Gasteiger partial charge in [-0.2, -0.15) is 0 Å². The Kier molecular flexibility index (Phi) is 3.05. The summed E-state index contributed by atoms with van der Waals surface area (Å²) < 4.78 is 0.747. The van der Waals surface area contributed by atoms with Gasteiger partial charge in [-0.05, 0) is 28.4 Å². The Morgan fingerprint density at radius 2 is 2.31 bits per heavy atom. The molecule has 1 aliphatic rings. The minimum absolute atomic E-state index is 0.0926. The lowest BCUT2D eigenvalue weighted by molar-refractivity contribution is -0.128. The van der Waals surface area contributed by atoms with E-state index in [4.69, 9.17) is 0 Å². The Morgan fingerprint density at radius 3 is 2.88 bits per heavy atom. The van der Waals surface area contributed by atoms with Gasteiger partial charge in [0.05, 0.1) is 0 Å². The van der Waals surface area contributed by atoms with Crippen molar-refractivity contribution in [2.24, 2.45) is 5.92 Å². The Labute approximate surface area is 102 Å². The number of nitrogens with zero attached hydrogens (tertiary/aromatic N) is 2. The number of Topliss-reactive ketones (excluding diaryl/α,β-unsaturated/α-hetero) is 1. The van der Waals surface area contributed by atoms with E-state index in [1.807, 2.05) is 0 Å². The number of ketones is 1. The number of likely N-dealkylation sites (tertiary alicyclic amines) is 1. The zero-order valence-electron chi connectivity index (χ0n) is 8.81. The van der Waals surface area contributed by atoms with E-state index in [1.165, 1.54) is 6.20 Å². The number of pyridine rings is 1. The third-order valence-electron chi connectivity index (χ3n) is 2.73. The Hall–Kier alpha value is -1.23. The van der Waals surface area contributed by atoms with Crippen molar-refractivity contribution < 1.29 is 9.59 Å². The first-order valence-corrected chi connectivity index (χ1v) is 5.78. The van der Waals surface area contributed by atoms with Gasteiger partial charge in [0.25, 0.3) is 0 Å². The molecule has 1 unspecified atom stereocenters. The summed E-state index contributed by atoms with van der Waals surface area (Å²) >= 11 is 3.26. The number of carbonyl (C=O) groups is 2. The minimum Gasteiger partial charge on any atom is -0.345 e. The highest BCUT2D eigenvalue weighted by atomic mass is 79.9. The van der Waals surface area contributed by atoms with E-state index in [9.17, 15) is 9.59 Å². The molecule has 0 aromatic carbocycles. The van der Waals surface area contributed by atoms with Crippen LogP contribution < -0.4 is 0 Å². The maximum Gasteiger partial charge on any atom is 0.233 e. The number of aromatic nitrogens is 1. The zero-order chi connectivity index (χ0) is 11.7. The molecule has 84 valence electrons. The monoisotopic (exact) mass is 282 g/mol. The maximum absolute atomic E-state index is 12.0. The molecule has 0 N–H and O–H groups in total. The van der Waals surface area contributed by atoms with Crippen LogP contribution in [0.25, 0.3) is 0 Å². The van der Waals surface area contributed by atoms with Crippen LogP contribution in [-0.4, -0.2) is 35.2 Å². The Bertz CT molecular complexity index is 447. The molecule has 0 saturated carbocycles. The van der Waals surface area contributed by atoms with Crippen LogP contribution >= 0.6 is 15.9 Å². The summed E-state index contributed by atoms with van der Waals surface area (Å²) in [5.41, 5.74) is 0.489. The molecule has 2 rings (SSSR count). The lowest BCUT2D eigenvalue weighted by Crippen LogP contribution is -2.27. The Morgan fingerprint density at radius 1 is 1.56 bits per heavy atom. The minimum atomic E-state index is -0.527. The molecule has 16 heavy (non-hydrogen) atoms. The van der Waals surface area contributed by atoms with Crippen LogP contribution in [0, 0.1) is 5.92 Å². The highest BCUT2D eigenvalue weighted by Gasteiger charge is 2.35. The smallest absolute Gasteiger partial charge is 0.233 e. The third-order valence-corrected chi connectivity index (χ3v) is 3.17. The first-order valence-electron chi connectivity index (χ1n) is 4.99. The van der Waals surface area contributed by atoms with Gasteiger partial charge >= 0.3 is 0 Å². The van der Waals surface area contributed by atoms with E-state index < -0.39 is 5.92 Å². The van der Waals surface area contributed by atoms with Gasteiger partial charge in [0.15, 0.2) is 5.78 Å². The molecule has 5 heteroatoms. The quantitative estimate of drug-likeness (QED) is 0.610. The van der Waals surface area contributed by atoms with E-state index in [-0.39, 0.29) is 11.7 Å². The third kappa shape index (κ3) is 2.00. The molecule has 0 spiro atoms. The summed E-state index contributed by atoms with van der Waals surface area (Å²) in [5.74, 6) is -0.755. The molecule has 2 heterocycles. The average molecular weight is 283 g/mol. The van der Waals surface area contributed by atoms with Crippen molar-refractivity contribution in [2.75, 3.05) is 13.6 Å². The highest BCUT2D eigenvalue weighted by Crippen LogP contribution is 2.22. The molecule has 0 aliphatic carbocycles. The summed E-state index contributed by atoms with van der Waals surface area (Å²) in [5, 5.41) is 0. The zero-order valence-corrected chi connectivity index (χ0v) is 10.4. The van der Waals surface area contributed by atoms with Gasteiger partial charge in [-0.3, -0.25) is 14.6 Å². The van der Waals surface area contributed by atoms with Crippen LogP contribution in [0.5, 0.6) is 0 Å². The fourth-order valence-corrected chi connectivity index (χ4v) is 2.18. The van der Waals surface area contributed by atoms with Gasteiger partial charge in [-0.15, -0.1) is 0 Å². The molecule has 1 saturated heterocycles. The number of halogens is 1. The molecule has 1 aromatic rings. The van der Waals surface area contributed by atoms with E-state index in [1.54, 1.807) is 24.2 Å². The van der Waals surface area contributed by atoms with Crippen LogP contribution in [0.4, 0.5) is 0 Å². The fourth-order valence-electron chi connectivity index (χ4n) is 1.81. The molecule has 0 bridgehead atoms. The van der Waals surface area contributed by atoms with Crippen LogP contribution in [0.15, 0.2) is 22.9 Å². The second-order valence-corrected chi connectivity index (χ2v) is 4.77. The van der Waals surface area contributed by atoms with Crippen molar-refractivity contribution in [1.29, 1.82) is 0 Å². The second-order valence-electron chi connectivity index (χ2n) is 3.86. The number of hydrogen-bond acceptors (Lipinski definition) is 3. The van der Waals surface area contributed by atoms with E-state index >= 15 is 0 Å². The largest absolute Gasteiger partial charge is 0.345 e. The summed E-state index contributed by atoms with van der Waals surface area (Å²) in [6, 6.07) is 1.70. The summed E-state index contributed by atoms with van der Waals surface area (Å²) in [6.45, 7) is 0.649.